The first-order valence-corrected chi connectivity index (χ1v) is 9.92. The van der Waals surface area contributed by atoms with Crippen molar-refractivity contribution >= 4 is 33.3 Å². The number of hydrogen-bond acceptors (Lipinski definition) is 7. The SMILES string of the molecule is CC(OC(=O)[C@H](C)NS(=O)(=O)c1ccccc1)C(=O)Nc1ccccc1[N+](=O)[O-]. The van der Waals surface area contributed by atoms with Crippen molar-refractivity contribution in [2.75, 3.05) is 5.32 Å². The molecule has 0 saturated heterocycles. The summed E-state index contributed by atoms with van der Waals surface area (Å²) < 4.78 is 31.6. The van der Waals surface area contributed by atoms with Crippen LogP contribution in [0.25, 0.3) is 0 Å². The average molecular weight is 421 g/mol. The van der Waals surface area contributed by atoms with Crippen LogP contribution >= 0.6 is 0 Å². The zero-order chi connectivity index (χ0) is 21.6. The Balaban J connectivity index is 1.99. The van der Waals surface area contributed by atoms with Crippen molar-refractivity contribution in [2.24, 2.45) is 0 Å². The number of nitrogens with zero attached hydrogens (tertiary/aromatic N) is 1. The van der Waals surface area contributed by atoms with Crippen LogP contribution in [0.15, 0.2) is 59.5 Å². The van der Waals surface area contributed by atoms with Gasteiger partial charge in [-0.3, -0.25) is 19.7 Å². The summed E-state index contributed by atoms with van der Waals surface area (Å²) in [7, 11) is -3.95. The number of sulfonamides is 1. The number of carbonyl (C=O) groups excluding carboxylic acids is 2. The van der Waals surface area contributed by atoms with Crippen LogP contribution < -0.4 is 10.0 Å². The largest absolute Gasteiger partial charge is 0.451 e. The van der Waals surface area contributed by atoms with E-state index in [9.17, 15) is 28.1 Å². The maximum Gasteiger partial charge on any atom is 0.324 e. The van der Waals surface area contributed by atoms with Gasteiger partial charge in [0, 0.05) is 6.07 Å². The molecule has 0 bridgehead atoms. The van der Waals surface area contributed by atoms with Crippen LogP contribution in [-0.4, -0.2) is 37.4 Å². The highest BCUT2D eigenvalue weighted by atomic mass is 32.2. The van der Waals surface area contributed by atoms with E-state index in [1.807, 2.05) is 0 Å². The van der Waals surface area contributed by atoms with Crippen LogP contribution in [0.3, 0.4) is 0 Å². The normalized spacial score (nSPS) is 13.2. The van der Waals surface area contributed by atoms with Gasteiger partial charge in [-0.05, 0) is 32.0 Å². The molecule has 11 heteroatoms. The van der Waals surface area contributed by atoms with Crippen LogP contribution in [-0.2, 0) is 24.3 Å². The molecule has 0 aromatic heterocycles. The summed E-state index contributed by atoms with van der Waals surface area (Å²) in [6.45, 7) is 2.54. The Morgan fingerprint density at radius 2 is 1.62 bits per heavy atom. The third-order valence-electron chi connectivity index (χ3n) is 3.76. The van der Waals surface area contributed by atoms with Crippen molar-refractivity contribution in [3.63, 3.8) is 0 Å². The summed E-state index contributed by atoms with van der Waals surface area (Å²) in [4.78, 5) is 34.7. The molecule has 0 spiro atoms. The third kappa shape index (κ3) is 5.83. The van der Waals surface area contributed by atoms with Crippen LogP contribution in [0, 0.1) is 10.1 Å². The standard InChI is InChI=1S/C18H19N3O7S/c1-12(20-29(26,27)14-8-4-3-5-9-14)18(23)28-13(2)17(22)19-15-10-6-7-11-16(15)21(24)25/h3-13,20H,1-2H3,(H,19,22)/t12-,13?/m0/s1. The summed E-state index contributed by atoms with van der Waals surface area (Å²) in [5, 5.41) is 13.3. The minimum atomic E-state index is -3.95. The van der Waals surface area contributed by atoms with Gasteiger partial charge in [0.2, 0.25) is 10.0 Å². The molecule has 29 heavy (non-hydrogen) atoms. The number of ether oxygens (including phenoxy) is 1. The van der Waals surface area contributed by atoms with Gasteiger partial charge in [0.05, 0.1) is 9.82 Å². The molecule has 1 unspecified atom stereocenters. The van der Waals surface area contributed by atoms with E-state index in [1.54, 1.807) is 6.07 Å². The molecule has 0 fully saturated rings. The minimum absolute atomic E-state index is 0.0261. The maximum atomic E-state index is 12.2. The van der Waals surface area contributed by atoms with Gasteiger partial charge >= 0.3 is 5.97 Å². The van der Waals surface area contributed by atoms with Gasteiger partial charge in [-0.2, -0.15) is 4.72 Å². The van der Waals surface area contributed by atoms with Gasteiger partial charge in [0.15, 0.2) is 6.10 Å². The first-order chi connectivity index (χ1) is 13.6. The Kier molecular flexibility index (Phi) is 7.02. The van der Waals surface area contributed by atoms with Crippen molar-refractivity contribution < 1.29 is 27.7 Å². The van der Waals surface area contributed by atoms with Crippen molar-refractivity contribution in [3.05, 3.63) is 64.7 Å². The molecular weight excluding hydrogens is 402 g/mol. The molecule has 0 aliphatic carbocycles. The fraction of sp³-hybridized carbons (Fsp3) is 0.222. The number of hydrogen-bond donors (Lipinski definition) is 2. The first kappa shape index (κ1) is 22.0. The highest BCUT2D eigenvalue weighted by molar-refractivity contribution is 7.89. The Hall–Kier alpha value is -3.31. The number of para-hydroxylation sites is 2. The zero-order valence-corrected chi connectivity index (χ0v) is 16.4. The Labute approximate surface area is 167 Å². The molecule has 2 aromatic rings. The molecule has 2 rings (SSSR count). The third-order valence-corrected chi connectivity index (χ3v) is 5.32. The quantitative estimate of drug-likeness (QED) is 0.376. The second kappa shape index (κ2) is 9.26. The van der Waals surface area contributed by atoms with Gasteiger partial charge in [-0.1, -0.05) is 30.3 Å². The fourth-order valence-corrected chi connectivity index (χ4v) is 3.46. The number of amides is 1. The maximum absolute atomic E-state index is 12.2. The van der Waals surface area contributed by atoms with Gasteiger partial charge in [-0.15, -0.1) is 0 Å². The highest BCUT2D eigenvalue weighted by Crippen LogP contribution is 2.23. The molecule has 0 heterocycles. The Morgan fingerprint density at radius 3 is 2.24 bits per heavy atom. The van der Waals surface area contributed by atoms with E-state index < -0.39 is 39.0 Å². The summed E-state index contributed by atoms with van der Waals surface area (Å²) in [5.74, 6) is -1.78. The van der Waals surface area contributed by atoms with Crippen molar-refractivity contribution in [2.45, 2.75) is 30.9 Å². The molecule has 2 aromatic carbocycles. The molecule has 0 radical (unpaired) electrons. The minimum Gasteiger partial charge on any atom is -0.451 e. The van der Waals surface area contributed by atoms with Crippen molar-refractivity contribution in [1.29, 1.82) is 0 Å². The molecule has 2 atom stereocenters. The molecule has 2 N–H and O–H groups in total. The fourth-order valence-electron chi connectivity index (χ4n) is 2.25. The first-order valence-electron chi connectivity index (χ1n) is 8.44. The number of carbonyl (C=O) groups is 2. The van der Waals surface area contributed by atoms with E-state index in [4.69, 9.17) is 4.74 Å². The summed E-state index contributed by atoms with van der Waals surface area (Å²) in [6, 6.07) is 11.7. The number of nitro groups is 1. The van der Waals surface area contributed by atoms with Crippen LogP contribution in [0.1, 0.15) is 13.8 Å². The average Bonchev–Trinajstić information content (AvgIpc) is 2.68. The summed E-state index contributed by atoms with van der Waals surface area (Å²) in [5.41, 5.74) is -0.369. The second-order valence-corrected chi connectivity index (χ2v) is 7.71. The van der Waals surface area contributed by atoms with E-state index in [1.165, 1.54) is 62.4 Å². The Morgan fingerprint density at radius 1 is 1.03 bits per heavy atom. The van der Waals surface area contributed by atoms with Gasteiger partial charge in [0.25, 0.3) is 11.6 Å². The van der Waals surface area contributed by atoms with E-state index in [0.717, 1.165) is 0 Å². The number of nitrogens with one attached hydrogen (secondary N) is 2. The lowest BCUT2D eigenvalue weighted by atomic mass is 10.2. The summed E-state index contributed by atoms with van der Waals surface area (Å²) in [6.07, 6.45) is -1.31. The van der Waals surface area contributed by atoms with Crippen molar-refractivity contribution in [3.8, 4) is 0 Å². The molecule has 1 amide bonds. The number of nitro benzene ring substituents is 1. The van der Waals surface area contributed by atoms with Crippen LogP contribution in [0.2, 0.25) is 0 Å². The van der Waals surface area contributed by atoms with Crippen molar-refractivity contribution in [1.82, 2.24) is 4.72 Å². The van der Waals surface area contributed by atoms with Gasteiger partial charge in [-0.25, -0.2) is 8.42 Å². The zero-order valence-electron chi connectivity index (χ0n) is 15.6. The van der Waals surface area contributed by atoms with E-state index in [0.29, 0.717) is 0 Å². The lowest BCUT2D eigenvalue weighted by Gasteiger charge is -2.17. The molecular formula is C18H19N3O7S. The van der Waals surface area contributed by atoms with E-state index in [2.05, 4.69) is 10.0 Å². The van der Waals surface area contributed by atoms with Crippen LogP contribution in [0.4, 0.5) is 11.4 Å². The van der Waals surface area contributed by atoms with Crippen LogP contribution in [0.5, 0.6) is 0 Å². The molecule has 0 saturated carbocycles. The highest BCUT2D eigenvalue weighted by Gasteiger charge is 2.27. The summed E-state index contributed by atoms with van der Waals surface area (Å²) >= 11 is 0. The predicted molar refractivity (Wildman–Crippen MR) is 104 cm³/mol. The number of esters is 1. The smallest absolute Gasteiger partial charge is 0.324 e. The number of anilines is 1. The van der Waals surface area contributed by atoms with E-state index >= 15 is 0 Å². The Bertz CT molecular complexity index is 1010. The topological polar surface area (TPSA) is 145 Å². The molecule has 0 aliphatic rings. The molecule has 10 nitrogen and oxygen atoms in total. The predicted octanol–water partition coefficient (Wildman–Crippen LogP) is 1.83. The molecule has 0 aliphatic heterocycles. The number of benzene rings is 2. The lowest BCUT2D eigenvalue weighted by molar-refractivity contribution is -0.383. The molecule has 154 valence electrons. The van der Waals surface area contributed by atoms with Gasteiger partial charge in [0.1, 0.15) is 11.7 Å². The van der Waals surface area contributed by atoms with E-state index in [-0.39, 0.29) is 16.3 Å². The number of rotatable bonds is 8. The van der Waals surface area contributed by atoms with Gasteiger partial charge < -0.3 is 10.1 Å². The second-order valence-electron chi connectivity index (χ2n) is 6.00. The monoisotopic (exact) mass is 421 g/mol. The lowest BCUT2D eigenvalue weighted by Crippen LogP contribution is -2.42.